The average Bonchev–Trinajstić information content (AvgIpc) is 2.70. The summed E-state index contributed by atoms with van der Waals surface area (Å²) in [6.07, 6.45) is 4.44. The number of hydrogen-bond acceptors (Lipinski definition) is 2. The van der Waals surface area contributed by atoms with Gasteiger partial charge < -0.3 is 0 Å². The molecular weight excluding hydrogens is 232 g/mol. The van der Waals surface area contributed by atoms with E-state index in [1.807, 2.05) is 22.7 Å². The molecule has 2 aromatic heterocycles. The number of hydrogen-bond donors (Lipinski definition) is 0. The molecule has 0 bridgehead atoms. The van der Waals surface area contributed by atoms with Crippen molar-refractivity contribution < 1.29 is 0 Å². The Morgan fingerprint density at radius 3 is 1.38 bits per heavy atom. The van der Waals surface area contributed by atoms with Crippen molar-refractivity contribution in [2.75, 3.05) is 0 Å². The molecule has 0 aromatic carbocycles. The first kappa shape index (κ1) is 11.6. The highest BCUT2D eigenvalue weighted by Crippen LogP contribution is 2.25. The van der Waals surface area contributed by atoms with Crippen LogP contribution in [0.4, 0.5) is 0 Å². The molecule has 0 aliphatic carbocycles. The topological polar surface area (TPSA) is 0 Å². The Balaban J connectivity index is 2.20. The van der Waals surface area contributed by atoms with E-state index in [0.717, 1.165) is 0 Å². The third-order valence-corrected chi connectivity index (χ3v) is 5.02. The normalized spacial score (nSPS) is 11.5. The van der Waals surface area contributed by atoms with Crippen LogP contribution in [0.5, 0.6) is 0 Å². The van der Waals surface area contributed by atoms with Gasteiger partial charge in [-0.25, -0.2) is 0 Å². The van der Waals surface area contributed by atoms with E-state index >= 15 is 0 Å². The molecule has 84 valence electrons. The second kappa shape index (κ2) is 4.56. The Kier molecular flexibility index (Phi) is 3.31. The summed E-state index contributed by atoms with van der Waals surface area (Å²) in [5.41, 5.74) is 2.78. The van der Waals surface area contributed by atoms with Crippen LogP contribution in [0.2, 0.25) is 0 Å². The number of aryl methyl sites for hydroxylation is 4. The minimum atomic E-state index is 1.35. The largest absolute Gasteiger partial charge is 0.141 e. The van der Waals surface area contributed by atoms with E-state index < -0.39 is 0 Å². The third kappa shape index (κ3) is 2.45. The van der Waals surface area contributed by atoms with Crippen LogP contribution in [0.3, 0.4) is 0 Å². The van der Waals surface area contributed by atoms with Crippen molar-refractivity contribution in [3.63, 3.8) is 0 Å². The van der Waals surface area contributed by atoms with E-state index in [4.69, 9.17) is 0 Å². The number of rotatable bonds is 2. The minimum Gasteiger partial charge on any atom is -0.141 e. The van der Waals surface area contributed by atoms with Crippen molar-refractivity contribution in [3.05, 3.63) is 42.8 Å². The van der Waals surface area contributed by atoms with E-state index in [2.05, 4.69) is 52.0 Å². The highest BCUT2D eigenvalue weighted by atomic mass is 32.1. The van der Waals surface area contributed by atoms with E-state index in [-0.39, 0.29) is 0 Å². The summed E-state index contributed by atoms with van der Waals surface area (Å²) in [5.74, 6) is 0. The molecule has 2 heterocycles. The smallest absolute Gasteiger partial charge is 0.0276 e. The van der Waals surface area contributed by atoms with Gasteiger partial charge in [0.2, 0.25) is 0 Å². The highest BCUT2D eigenvalue weighted by Gasteiger charge is 2.00. The molecule has 0 atom stereocenters. The second-order valence-corrected chi connectivity index (χ2v) is 6.69. The lowest BCUT2D eigenvalue weighted by Crippen LogP contribution is -1.63. The molecule has 0 spiro atoms. The van der Waals surface area contributed by atoms with Gasteiger partial charge in [0.15, 0.2) is 0 Å². The van der Waals surface area contributed by atoms with Crippen molar-refractivity contribution in [3.8, 4) is 0 Å². The molecule has 2 heteroatoms. The Labute approximate surface area is 105 Å². The molecule has 16 heavy (non-hydrogen) atoms. The fraction of sp³-hybridized carbons (Fsp3) is 0.286. The van der Waals surface area contributed by atoms with Gasteiger partial charge in [-0.1, -0.05) is 0 Å². The first-order valence-corrected chi connectivity index (χ1v) is 7.01. The summed E-state index contributed by atoms with van der Waals surface area (Å²) < 4.78 is 0. The molecule has 0 saturated heterocycles. The summed E-state index contributed by atoms with van der Waals surface area (Å²) in [5, 5.41) is 0. The Morgan fingerprint density at radius 1 is 0.750 bits per heavy atom. The third-order valence-electron chi connectivity index (χ3n) is 2.78. The van der Waals surface area contributed by atoms with Crippen molar-refractivity contribution in [1.29, 1.82) is 0 Å². The zero-order valence-electron chi connectivity index (χ0n) is 10.1. The van der Waals surface area contributed by atoms with Crippen molar-refractivity contribution in [1.82, 2.24) is 0 Å². The predicted octanol–water partition coefficient (Wildman–Crippen LogP) is 5.21. The average molecular weight is 248 g/mol. The fourth-order valence-corrected chi connectivity index (χ4v) is 3.42. The molecule has 0 radical (unpaired) electrons. The van der Waals surface area contributed by atoms with Crippen LogP contribution in [0.15, 0.2) is 12.1 Å². The molecule has 2 rings (SSSR count). The van der Waals surface area contributed by atoms with Gasteiger partial charge in [-0.05, 0) is 63.1 Å². The maximum atomic E-state index is 2.25. The van der Waals surface area contributed by atoms with Gasteiger partial charge in [-0.2, -0.15) is 0 Å². The van der Waals surface area contributed by atoms with Gasteiger partial charge in [0.05, 0.1) is 0 Å². The molecule has 0 amide bonds. The molecule has 0 aliphatic heterocycles. The van der Waals surface area contributed by atoms with E-state index in [1.54, 1.807) is 0 Å². The van der Waals surface area contributed by atoms with Crippen LogP contribution in [0, 0.1) is 27.7 Å². The van der Waals surface area contributed by atoms with Crippen molar-refractivity contribution in [2.24, 2.45) is 0 Å². The van der Waals surface area contributed by atoms with Crippen LogP contribution in [0.1, 0.15) is 30.6 Å². The van der Waals surface area contributed by atoms with Gasteiger partial charge in [0.1, 0.15) is 0 Å². The zero-order chi connectivity index (χ0) is 11.7. The standard InChI is InChI=1S/C14H16S2/c1-9-7-13(15-11(9)3)5-6-14-8-10(2)12(4)16-14/h5-8H,1-4H3/b6-5+. The lowest BCUT2D eigenvalue weighted by molar-refractivity contribution is 1.44. The zero-order valence-corrected chi connectivity index (χ0v) is 11.8. The van der Waals surface area contributed by atoms with Gasteiger partial charge >= 0.3 is 0 Å². The minimum absolute atomic E-state index is 1.35. The van der Waals surface area contributed by atoms with Gasteiger partial charge in [0, 0.05) is 19.5 Å². The second-order valence-electron chi connectivity index (χ2n) is 4.11. The first-order valence-electron chi connectivity index (χ1n) is 5.38. The van der Waals surface area contributed by atoms with Gasteiger partial charge in [-0.3, -0.25) is 0 Å². The maximum Gasteiger partial charge on any atom is 0.0276 e. The molecule has 0 nitrogen and oxygen atoms in total. The number of thiophene rings is 2. The molecular formula is C14H16S2. The van der Waals surface area contributed by atoms with Crippen molar-refractivity contribution >= 4 is 34.8 Å². The summed E-state index contributed by atoms with van der Waals surface area (Å²) in [4.78, 5) is 5.52. The van der Waals surface area contributed by atoms with Gasteiger partial charge in [0.25, 0.3) is 0 Å². The SMILES string of the molecule is Cc1cc(/C=C/c2cc(C)c(C)s2)sc1C. The molecule has 0 fully saturated rings. The maximum absolute atomic E-state index is 2.25. The lowest BCUT2D eigenvalue weighted by atomic mass is 10.2. The predicted molar refractivity (Wildman–Crippen MR) is 76.5 cm³/mol. The van der Waals surface area contributed by atoms with E-state index in [1.165, 1.54) is 30.6 Å². The van der Waals surface area contributed by atoms with Crippen LogP contribution in [-0.2, 0) is 0 Å². The van der Waals surface area contributed by atoms with Gasteiger partial charge in [-0.15, -0.1) is 22.7 Å². The summed E-state index contributed by atoms with van der Waals surface area (Å²) >= 11 is 3.72. The molecule has 0 unspecified atom stereocenters. The quantitative estimate of drug-likeness (QED) is 0.684. The monoisotopic (exact) mass is 248 g/mol. The molecule has 0 N–H and O–H groups in total. The van der Waals surface area contributed by atoms with Crippen LogP contribution < -0.4 is 0 Å². The Bertz CT molecular complexity index is 440. The summed E-state index contributed by atoms with van der Waals surface area (Å²) in [6.45, 7) is 8.69. The van der Waals surface area contributed by atoms with Crippen LogP contribution in [-0.4, -0.2) is 0 Å². The lowest BCUT2D eigenvalue weighted by Gasteiger charge is -1.83. The highest BCUT2D eigenvalue weighted by molar-refractivity contribution is 7.13. The fourth-order valence-electron chi connectivity index (χ4n) is 1.53. The van der Waals surface area contributed by atoms with E-state index in [9.17, 15) is 0 Å². The molecule has 0 aliphatic rings. The van der Waals surface area contributed by atoms with Crippen molar-refractivity contribution in [2.45, 2.75) is 27.7 Å². The summed E-state index contributed by atoms with van der Waals surface area (Å²) in [7, 11) is 0. The summed E-state index contributed by atoms with van der Waals surface area (Å²) in [6, 6.07) is 4.51. The van der Waals surface area contributed by atoms with Crippen LogP contribution >= 0.6 is 22.7 Å². The van der Waals surface area contributed by atoms with Crippen LogP contribution in [0.25, 0.3) is 12.2 Å². The molecule has 0 saturated carbocycles. The Hall–Kier alpha value is -0.860. The molecule has 2 aromatic rings. The Morgan fingerprint density at radius 2 is 1.12 bits per heavy atom. The first-order chi connectivity index (χ1) is 7.56. The van der Waals surface area contributed by atoms with E-state index in [0.29, 0.717) is 0 Å².